The Labute approximate surface area is 105 Å². The lowest BCUT2D eigenvalue weighted by molar-refractivity contribution is -0.119. The van der Waals surface area contributed by atoms with Crippen molar-refractivity contribution in [2.45, 2.75) is 18.9 Å². The van der Waals surface area contributed by atoms with Crippen LogP contribution in [0.2, 0.25) is 0 Å². The Morgan fingerprint density at radius 3 is 2.78 bits per heavy atom. The first kappa shape index (κ1) is 12.6. The van der Waals surface area contributed by atoms with Crippen LogP contribution >= 0.6 is 0 Å². The standard InChI is InChI=1S/C11H17N5O2/c12-10(17)7-16-3-1-9(2-4-16)15-11(18)8-5-13-14-6-8/h5-6,9H,1-4,7H2,(H2,12,17)(H,13,14)(H,15,18). The molecule has 1 fully saturated rings. The minimum absolute atomic E-state index is 0.114. The van der Waals surface area contributed by atoms with Crippen LogP contribution in [0.5, 0.6) is 0 Å². The van der Waals surface area contributed by atoms with E-state index in [0.717, 1.165) is 25.9 Å². The van der Waals surface area contributed by atoms with Crippen molar-refractivity contribution >= 4 is 11.8 Å². The Morgan fingerprint density at radius 1 is 1.50 bits per heavy atom. The van der Waals surface area contributed by atoms with Crippen LogP contribution in [0.25, 0.3) is 0 Å². The Hall–Kier alpha value is -1.89. The first-order valence-corrected chi connectivity index (χ1v) is 5.95. The van der Waals surface area contributed by atoms with E-state index in [1.54, 1.807) is 6.20 Å². The first-order chi connectivity index (χ1) is 8.65. The molecule has 1 saturated heterocycles. The van der Waals surface area contributed by atoms with E-state index in [2.05, 4.69) is 15.5 Å². The number of aromatic amines is 1. The van der Waals surface area contributed by atoms with Crippen LogP contribution in [-0.4, -0.2) is 52.6 Å². The molecule has 1 aliphatic rings. The topological polar surface area (TPSA) is 104 Å². The van der Waals surface area contributed by atoms with Crippen LogP contribution in [0.15, 0.2) is 12.4 Å². The molecule has 0 spiro atoms. The van der Waals surface area contributed by atoms with Crippen LogP contribution < -0.4 is 11.1 Å². The molecule has 2 amide bonds. The summed E-state index contributed by atoms with van der Waals surface area (Å²) in [6.07, 6.45) is 4.73. The molecule has 0 aromatic carbocycles. The van der Waals surface area contributed by atoms with Crippen molar-refractivity contribution in [2.24, 2.45) is 5.73 Å². The van der Waals surface area contributed by atoms with Gasteiger partial charge in [-0.25, -0.2) is 0 Å². The fraction of sp³-hybridized carbons (Fsp3) is 0.545. The molecule has 4 N–H and O–H groups in total. The normalized spacial score (nSPS) is 17.6. The van der Waals surface area contributed by atoms with E-state index in [4.69, 9.17) is 5.73 Å². The molecule has 2 rings (SSSR count). The highest BCUT2D eigenvalue weighted by atomic mass is 16.2. The molecule has 1 aromatic rings. The van der Waals surface area contributed by atoms with Gasteiger partial charge in [0.25, 0.3) is 5.91 Å². The highest BCUT2D eigenvalue weighted by Crippen LogP contribution is 2.10. The molecule has 7 nitrogen and oxygen atoms in total. The fourth-order valence-electron chi connectivity index (χ4n) is 2.10. The van der Waals surface area contributed by atoms with Crippen LogP contribution in [0.4, 0.5) is 0 Å². The second-order valence-electron chi connectivity index (χ2n) is 4.48. The summed E-state index contributed by atoms with van der Waals surface area (Å²) in [4.78, 5) is 24.6. The van der Waals surface area contributed by atoms with Gasteiger partial charge in [-0.1, -0.05) is 0 Å². The maximum atomic E-state index is 11.8. The van der Waals surface area contributed by atoms with Gasteiger partial charge in [0.1, 0.15) is 0 Å². The molecular weight excluding hydrogens is 234 g/mol. The number of rotatable bonds is 4. The summed E-state index contributed by atoms with van der Waals surface area (Å²) in [6.45, 7) is 1.85. The molecule has 0 saturated carbocycles. The van der Waals surface area contributed by atoms with E-state index in [0.29, 0.717) is 12.1 Å². The lowest BCUT2D eigenvalue weighted by atomic mass is 10.0. The Bertz CT molecular complexity index is 409. The quantitative estimate of drug-likeness (QED) is 0.644. The van der Waals surface area contributed by atoms with Gasteiger partial charge in [-0.2, -0.15) is 5.10 Å². The first-order valence-electron chi connectivity index (χ1n) is 5.95. The summed E-state index contributed by atoms with van der Waals surface area (Å²) in [5, 5.41) is 9.30. The lowest BCUT2D eigenvalue weighted by Crippen LogP contribution is -2.46. The summed E-state index contributed by atoms with van der Waals surface area (Å²) in [5.74, 6) is -0.423. The summed E-state index contributed by atoms with van der Waals surface area (Å²) in [7, 11) is 0. The lowest BCUT2D eigenvalue weighted by Gasteiger charge is -2.31. The smallest absolute Gasteiger partial charge is 0.254 e. The molecule has 0 bridgehead atoms. The van der Waals surface area contributed by atoms with Gasteiger partial charge in [0.15, 0.2) is 0 Å². The third kappa shape index (κ3) is 3.30. The molecule has 2 heterocycles. The summed E-state index contributed by atoms with van der Waals surface area (Å²) in [5.41, 5.74) is 5.68. The van der Waals surface area contributed by atoms with Crippen molar-refractivity contribution in [2.75, 3.05) is 19.6 Å². The average molecular weight is 251 g/mol. The van der Waals surface area contributed by atoms with E-state index in [9.17, 15) is 9.59 Å². The third-order valence-corrected chi connectivity index (χ3v) is 3.06. The average Bonchev–Trinajstić information content (AvgIpc) is 2.84. The number of carbonyl (C=O) groups is 2. The molecule has 0 unspecified atom stereocenters. The number of aromatic nitrogens is 2. The highest BCUT2D eigenvalue weighted by molar-refractivity contribution is 5.93. The number of nitrogens with one attached hydrogen (secondary N) is 2. The van der Waals surface area contributed by atoms with Gasteiger partial charge in [0.05, 0.1) is 18.3 Å². The number of amides is 2. The van der Waals surface area contributed by atoms with E-state index < -0.39 is 0 Å². The van der Waals surface area contributed by atoms with E-state index in [1.807, 2.05) is 4.90 Å². The zero-order chi connectivity index (χ0) is 13.0. The van der Waals surface area contributed by atoms with Crippen LogP contribution in [0.3, 0.4) is 0 Å². The SMILES string of the molecule is NC(=O)CN1CCC(NC(=O)c2cn[nH]c2)CC1. The fourth-order valence-corrected chi connectivity index (χ4v) is 2.10. The zero-order valence-corrected chi connectivity index (χ0v) is 10.1. The predicted octanol–water partition coefficient (Wildman–Crippen LogP) is -0.911. The van der Waals surface area contributed by atoms with Crippen molar-refractivity contribution in [3.63, 3.8) is 0 Å². The second kappa shape index (κ2) is 5.63. The maximum absolute atomic E-state index is 11.8. The van der Waals surface area contributed by atoms with Crippen molar-refractivity contribution in [1.82, 2.24) is 20.4 Å². The summed E-state index contributed by atoms with van der Waals surface area (Å²) < 4.78 is 0. The Kier molecular flexibility index (Phi) is 3.93. The third-order valence-electron chi connectivity index (χ3n) is 3.06. The molecular formula is C11H17N5O2. The number of nitrogens with zero attached hydrogens (tertiary/aromatic N) is 2. The largest absolute Gasteiger partial charge is 0.369 e. The molecule has 1 aromatic heterocycles. The number of primary amides is 1. The van der Waals surface area contributed by atoms with Crippen LogP contribution in [-0.2, 0) is 4.79 Å². The van der Waals surface area contributed by atoms with E-state index >= 15 is 0 Å². The molecule has 0 radical (unpaired) electrons. The zero-order valence-electron chi connectivity index (χ0n) is 10.1. The second-order valence-corrected chi connectivity index (χ2v) is 4.48. The van der Waals surface area contributed by atoms with Gasteiger partial charge in [0.2, 0.25) is 5.91 Å². The molecule has 0 aliphatic carbocycles. The van der Waals surface area contributed by atoms with Gasteiger partial charge >= 0.3 is 0 Å². The van der Waals surface area contributed by atoms with Gasteiger partial charge in [-0.05, 0) is 12.8 Å². The molecule has 18 heavy (non-hydrogen) atoms. The Morgan fingerprint density at radius 2 is 2.22 bits per heavy atom. The minimum Gasteiger partial charge on any atom is -0.369 e. The number of carbonyl (C=O) groups excluding carboxylic acids is 2. The van der Waals surface area contributed by atoms with E-state index in [1.165, 1.54) is 6.20 Å². The minimum atomic E-state index is -0.309. The van der Waals surface area contributed by atoms with Gasteiger partial charge in [-0.15, -0.1) is 0 Å². The van der Waals surface area contributed by atoms with Crippen LogP contribution in [0, 0.1) is 0 Å². The van der Waals surface area contributed by atoms with Crippen molar-refractivity contribution in [3.8, 4) is 0 Å². The molecule has 7 heteroatoms. The molecule has 98 valence electrons. The van der Waals surface area contributed by atoms with E-state index in [-0.39, 0.29) is 17.9 Å². The van der Waals surface area contributed by atoms with Crippen molar-refractivity contribution in [1.29, 1.82) is 0 Å². The number of H-pyrrole nitrogens is 1. The van der Waals surface area contributed by atoms with Crippen molar-refractivity contribution in [3.05, 3.63) is 18.0 Å². The van der Waals surface area contributed by atoms with Gasteiger partial charge < -0.3 is 11.1 Å². The predicted molar refractivity (Wildman–Crippen MR) is 64.7 cm³/mol. The van der Waals surface area contributed by atoms with Gasteiger partial charge in [-0.3, -0.25) is 19.6 Å². The summed E-state index contributed by atoms with van der Waals surface area (Å²) in [6, 6.07) is 0.150. The summed E-state index contributed by atoms with van der Waals surface area (Å²) >= 11 is 0. The maximum Gasteiger partial charge on any atom is 0.254 e. The molecule has 0 atom stereocenters. The number of nitrogens with two attached hydrogens (primary N) is 1. The van der Waals surface area contributed by atoms with Gasteiger partial charge in [0, 0.05) is 25.3 Å². The number of hydrogen-bond acceptors (Lipinski definition) is 4. The number of likely N-dealkylation sites (tertiary alicyclic amines) is 1. The Balaban J connectivity index is 1.77. The number of hydrogen-bond donors (Lipinski definition) is 3. The molecule has 1 aliphatic heterocycles. The monoisotopic (exact) mass is 251 g/mol. The van der Waals surface area contributed by atoms with Crippen molar-refractivity contribution < 1.29 is 9.59 Å². The highest BCUT2D eigenvalue weighted by Gasteiger charge is 2.21. The van der Waals surface area contributed by atoms with Crippen LogP contribution in [0.1, 0.15) is 23.2 Å². The number of piperidine rings is 1.